The van der Waals surface area contributed by atoms with Crippen molar-refractivity contribution in [2.75, 3.05) is 13.1 Å². The van der Waals surface area contributed by atoms with Crippen molar-refractivity contribution in [1.82, 2.24) is 5.32 Å². The zero-order valence-corrected chi connectivity index (χ0v) is 13.3. The fourth-order valence-corrected chi connectivity index (χ4v) is 3.20. The highest BCUT2D eigenvalue weighted by Gasteiger charge is 2.26. The Hall–Kier alpha value is -1.10. The summed E-state index contributed by atoms with van der Waals surface area (Å²) in [6, 6.07) is 0. The second kappa shape index (κ2) is 9.03. The van der Waals surface area contributed by atoms with Crippen LogP contribution >= 0.6 is 0 Å². The van der Waals surface area contributed by atoms with Crippen LogP contribution in [0.3, 0.4) is 0 Å². The number of rotatable bonds is 8. The van der Waals surface area contributed by atoms with Gasteiger partial charge in [-0.1, -0.05) is 13.8 Å². The molecule has 21 heavy (non-hydrogen) atoms. The number of carboxylic acid groups (broad SMARTS) is 1. The first-order chi connectivity index (χ1) is 9.92. The fraction of sp³-hybridized carbons (Fsp3) is 0.875. The van der Waals surface area contributed by atoms with E-state index >= 15 is 0 Å². The third kappa shape index (κ3) is 6.93. The molecule has 5 nitrogen and oxygen atoms in total. The molecule has 0 spiro atoms. The molecule has 0 aromatic heterocycles. The first-order valence-corrected chi connectivity index (χ1v) is 8.11. The van der Waals surface area contributed by atoms with E-state index in [1.807, 2.05) is 0 Å². The Morgan fingerprint density at radius 1 is 1.24 bits per heavy atom. The van der Waals surface area contributed by atoms with Crippen LogP contribution in [0, 0.1) is 23.7 Å². The van der Waals surface area contributed by atoms with Crippen molar-refractivity contribution < 1.29 is 14.7 Å². The number of carbonyl (C=O) groups is 2. The summed E-state index contributed by atoms with van der Waals surface area (Å²) in [7, 11) is 0. The smallest absolute Gasteiger partial charge is 0.303 e. The number of aliphatic carboxylic acids is 1. The highest BCUT2D eigenvalue weighted by atomic mass is 16.4. The van der Waals surface area contributed by atoms with Crippen LogP contribution in [-0.2, 0) is 9.59 Å². The molecular formula is C16H30N2O3. The van der Waals surface area contributed by atoms with Crippen molar-refractivity contribution in [3.8, 4) is 0 Å². The number of nitrogens with one attached hydrogen (secondary N) is 1. The van der Waals surface area contributed by atoms with E-state index in [2.05, 4.69) is 19.2 Å². The number of hydrogen-bond donors (Lipinski definition) is 3. The molecule has 0 bridgehead atoms. The Morgan fingerprint density at radius 3 is 2.33 bits per heavy atom. The van der Waals surface area contributed by atoms with Crippen LogP contribution in [0.5, 0.6) is 0 Å². The predicted molar refractivity (Wildman–Crippen MR) is 82.7 cm³/mol. The quantitative estimate of drug-likeness (QED) is 0.639. The fourth-order valence-electron chi connectivity index (χ4n) is 3.20. The van der Waals surface area contributed by atoms with Crippen LogP contribution in [0.15, 0.2) is 0 Å². The topological polar surface area (TPSA) is 92.4 Å². The van der Waals surface area contributed by atoms with Gasteiger partial charge >= 0.3 is 5.97 Å². The molecule has 4 N–H and O–H groups in total. The third-order valence-electron chi connectivity index (χ3n) is 4.38. The summed E-state index contributed by atoms with van der Waals surface area (Å²) in [6.07, 6.45) is 4.81. The average Bonchev–Trinajstić information content (AvgIpc) is 2.43. The van der Waals surface area contributed by atoms with Crippen molar-refractivity contribution in [2.24, 2.45) is 29.4 Å². The van der Waals surface area contributed by atoms with Crippen molar-refractivity contribution in [3.63, 3.8) is 0 Å². The SMILES string of the molecule is CC(C)C[C@H](CNC(=O)C1CCC(CN)CC1)CC(=O)O. The van der Waals surface area contributed by atoms with Gasteiger partial charge in [0.25, 0.3) is 0 Å². The minimum absolute atomic E-state index is 0.0202. The largest absolute Gasteiger partial charge is 0.481 e. The van der Waals surface area contributed by atoms with Gasteiger partial charge in [0.05, 0.1) is 0 Å². The second-order valence-electron chi connectivity index (χ2n) is 6.79. The molecule has 1 fully saturated rings. The molecule has 0 aromatic rings. The Labute approximate surface area is 127 Å². The van der Waals surface area contributed by atoms with Crippen molar-refractivity contribution in [1.29, 1.82) is 0 Å². The molecule has 122 valence electrons. The predicted octanol–water partition coefficient (Wildman–Crippen LogP) is 2.00. The molecule has 0 unspecified atom stereocenters. The van der Waals surface area contributed by atoms with Crippen LogP contribution in [0.25, 0.3) is 0 Å². The summed E-state index contributed by atoms with van der Waals surface area (Å²) < 4.78 is 0. The molecule has 0 radical (unpaired) electrons. The molecule has 5 heteroatoms. The lowest BCUT2D eigenvalue weighted by Crippen LogP contribution is -2.37. The molecule has 1 aliphatic rings. The maximum absolute atomic E-state index is 12.2. The van der Waals surface area contributed by atoms with Gasteiger partial charge < -0.3 is 16.2 Å². The van der Waals surface area contributed by atoms with E-state index in [0.29, 0.717) is 24.9 Å². The van der Waals surface area contributed by atoms with Gasteiger partial charge in [-0.05, 0) is 56.4 Å². The van der Waals surface area contributed by atoms with Gasteiger partial charge in [0.2, 0.25) is 5.91 Å². The summed E-state index contributed by atoms with van der Waals surface area (Å²) in [6.45, 7) is 5.33. The standard InChI is InChI=1S/C16H30N2O3/c1-11(2)7-13(8-15(19)20)10-18-16(21)14-5-3-12(9-17)4-6-14/h11-14H,3-10,17H2,1-2H3,(H,18,21)(H,19,20)/t12?,13-,14?/m0/s1. The summed E-state index contributed by atoms with van der Waals surface area (Å²) in [4.78, 5) is 23.1. The van der Waals surface area contributed by atoms with Crippen molar-refractivity contribution in [2.45, 2.75) is 52.4 Å². The summed E-state index contributed by atoms with van der Waals surface area (Å²) in [5.74, 6) is 0.396. The highest BCUT2D eigenvalue weighted by Crippen LogP contribution is 2.28. The molecule has 0 aromatic carbocycles. The van der Waals surface area contributed by atoms with E-state index in [0.717, 1.165) is 32.1 Å². The van der Waals surface area contributed by atoms with Gasteiger partial charge in [-0.15, -0.1) is 0 Å². The van der Waals surface area contributed by atoms with Crippen molar-refractivity contribution >= 4 is 11.9 Å². The minimum atomic E-state index is -0.793. The molecule has 1 rings (SSSR count). The maximum atomic E-state index is 12.2. The first-order valence-electron chi connectivity index (χ1n) is 8.11. The Kier molecular flexibility index (Phi) is 7.72. The first kappa shape index (κ1) is 18.0. The van der Waals surface area contributed by atoms with E-state index in [1.165, 1.54) is 0 Å². The molecular weight excluding hydrogens is 268 g/mol. The monoisotopic (exact) mass is 298 g/mol. The number of carboxylic acids is 1. The number of carbonyl (C=O) groups excluding carboxylic acids is 1. The summed E-state index contributed by atoms with van der Waals surface area (Å²) in [5, 5.41) is 11.9. The Morgan fingerprint density at radius 2 is 1.86 bits per heavy atom. The average molecular weight is 298 g/mol. The lowest BCUT2D eigenvalue weighted by atomic mass is 9.81. The van der Waals surface area contributed by atoms with Crippen LogP contribution in [0.1, 0.15) is 52.4 Å². The lowest BCUT2D eigenvalue weighted by molar-refractivity contribution is -0.138. The zero-order valence-electron chi connectivity index (χ0n) is 13.3. The molecule has 0 saturated heterocycles. The van der Waals surface area contributed by atoms with Crippen LogP contribution in [-0.4, -0.2) is 30.1 Å². The van der Waals surface area contributed by atoms with E-state index in [9.17, 15) is 9.59 Å². The molecule has 0 heterocycles. The van der Waals surface area contributed by atoms with Gasteiger partial charge in [0.1, 0.15) is 0 Å². The normalized spacial score (nSPS) is 23.8. The van der Waals surface area contributed by atoms with Gasteiger partial charge in [-0.25, -0.2) is 0 Å². The Bertz CT molecular complexity index is 336. The van der Waals surface area contributed by atoms with Gasteiger partial charge in [-0.3, -0.25) is 9.59 Å². The van der Waals surface area contributed by atoms with Crippen LogP contribution < -0.4 is 11.1 Å². The van der Waals surface area contributed by atoms with Gasteiger partial charge in [-0.2, -0.15) is 0 Å². The highest BCUT2D eigenvalue weighted by molar-refractivity contribution is 5.78. The van der Waals surface area contributed by atoms with Gasteiger partial charge in [0, 0.05) is 18.9 Å². The molecule has 0 aliphatic heterocycles. The van der Waals surface area contributed by atoms with E-state index in [4.69, 9.17) is 10.8 Å². The van der Waals surface area contributed by atoms with Gasteiger partial charge in [0.15, 0.2) is 0 Å². The maximum Gasteiger partial charge on any atom is 0.303 e. The van der Waals surface area contributed by atoms with E-state index < -0.39 is 5.97 Å². The van der Waals surface area contributed by atoms with Crippen molar-refractivity contribution in [3.05, 3.63) is 0 Å². The summed E-state index contributed by atoms with van der Waals surface area (Å²) >= 11 is 0. The second-order valence-corrected chi connectivity index (χ2v) is 6.79. The molecule has 1 atom stereocenters. The zero-order chi connectivity index (χ0) is 15.8. The minimum Gasteiger partial charge on any atom is -0.481 e. The van der Waals surface area contributed by atoms with E-state index in [-0.39, 0.29) is 24.2 Å². The van der Waals surface area contributed by atoms with E-state index in [1.54, 1.807) is 0 Å². The van der Waals surface area contributed by atoms with Crippen LogP contribution in [0.2, 0.25) is 0 Å². The number of hydrogen-bond acceptors (Lipinski definition) is 3. The number of nitrogens with two attached hydrogens (primary N) is 1. The number of amides is 1. The third-order valence-corrected chi connectivity index (χ3v) is 4.38. The molecule has 1 saturated carbocycles. The molecule has 1 amide bonds. The Balaban J connectivity index is 2.37. The molecule has 1 aliphatic carbocycles. The van der Waals surface area contributed by atoms with Crippen LogP contribution in [0.4, 0.5) is 0 Å². The summed E-state index contributed by atoms with van der Waals surface area (Å²) in [5.41, 5.74) is 5.66. The lowest BCUT2D eigenvalue weighted by Gasteiger charge is -2.27.